The zero-order chi connectivity index (χ0) is 23.0. The molecule has 1 saturated carbocycles. The van der Waals surface area contributed by atoms with Crippen molar-refractivity contribution in [3.8, 4) is 6.07 Å². The predicted molar refractivity (Wildman–Crippen MR) is 130 cm³/mol. The van der Waals surface area contributed by atoms with Crippen LogP contribution >= 0.6 is 11.6 Å². The monoisotopic (exact) mass is 439 g/mol. The Balaban J connectivity index is 0.000000357. The van der Waals surface area contributed by atoms with Gasteiger partial charge in [-0.25, -0.2) is 0 Å². The molecule has 1 aromatic carbocycles. The van der Waals surface area contributed by atoms with Crippen LogP contribution in [-0.4, -0.2) is 23.2 Å². The first-order valence-electron chi connectivity index (χ1n) is 11.0. The van der Waals surface area contributed by atoms with Gasteiger partial charge >= 0.3 is 0 Å². The molecule has 2 atom stereocenters. The van der Waals surface area contributed by atoms with Crippen molar-refractivity contribution < 1.29 is 5.11 Å². The number of hydrogen-bond donors (Lipinski definition) is 2. The molecule has 0 spiro atoms. The van der Waals surface area contributed by atoms with Crippen LogP contribution < -0.4 is 5.32 Å². The molecule has 5 heteroatoms. The van der Waals surface area contributed by atoms with Crippen molar-refractivity contribution in [1.29, 1.82) is 5.26 Å². The summed E-state index contributed by atoms with van der Waals surface area (Å²) in [6.07, 6.45) is 11.1. The van der Waals surface area contributed by atoms with Gasteiger partial charge in [0.05, 0.1) is 34.6 Å². The summed E-state index contributed by atoms with van der Waals surface area (Å²) in [5.74, 6) is 0.763. The molecule has 0 radical (unpaired) electrons. The molecule has 0 amide bonds. The molecular formula is C26H34ClN3O. The second-order valence-electron chi connectivity index (χ2n) is 8.34. The second-order valence-corrected chi connectivity index (χ2v) is 8.72. The lowest BCUT2D eigenvalue weighted by Gasteiger charge is -2.21. The van der Waals surface area contributed by atoms with E-state index in [1.54, 1.807) is 12.4 Å². The smallest absolute Gasteiger partial charge is 0.0994 e. The van der Waals surface area contributed by atoms with E-state index in [4.69, 9.17) is 16.7 Å². The van der Waals surface area contributed by atoms with Crippen molar-refractivity contribution in [1.82, 2.24) is 4.98 Å². The zero-order valence-electron chi connectivity index (χ0n) is 19.3. The topological polar surface area (TPSA) is 68.9 Å². The largest absolute Gasteiger partial charge is 0.393 e. The van der Waals surface area contributed by atoms with E-state index >= 15 is 0 Å². The Labute approximate surface area is 192 Å². The number of rotatable bonds is 4. The molecular weight excluding hydrogens is 406 g/mol. The zero-order valence-corrected chi connectivity index (χ0v) is 20.1. The van der Waals surface area contributed by atoms with Crippen LogP contribution in [0.1, 0.15) is 73.8 Å². The number of nitriles is 1. The van der Waals surface area contributed by atoms with E-state index in [-0.39, 0.29) is 6.10 Å². The molecule has 1 heterocycles. The van der Waals surface area contributed by atoms with Crippen LogP contribution in [0.4, 0.5) is 5.69 Å². The number of aromatic nitrogens is 1. The SMILES string of the molecule is CC/C=C(\c1cc(C#N)c(C)cc1C)c1cncc(NC)c1Cl.CC1CCCC(O)C1. The first kappa shape index (κ1) is 24.9. The van der Waals surface area contributed by atoms with Crippen LogP contribution in [0, 0.1) is 31.1 Å². The maximum Gasteiger partial charge on any atom is 0.0994 e. The van der Waals surface area contributed by atoms with E-state index in [1.807, 2.05) is 26.1 Å². The number of nitrogens with zero attached hydrogens (tertiary/aromatic N) is 2. The lowest BCUT2D eigenvalue weighted by Crippen LogP contribution is -2.16. The number of aliphatic hydroxyl groups is 1. The van der Waals surface area contributed by atoms with Crippen LogP contribution in [0.25, 0.3) is 5.57 Å². The molecule has 1 aromatic heterocycles. The minimum absolute atomic E-state index is 0.0127. The maximum absolute atomic E-state index is 9.33. The molecule has 166 valence electrons. The molecule has 0 aliphatic heterocycles. The molecule has 2 unspecified atom stereocenters. The van der Waals surface area contributed by atoms with Gasteiger partial charge in [0.2, 0.25) is 0 Å². The van der Waals surface area contributed by atoms with Crippen molar-refractivity contribution in [3.63, 3.8) is 0 Å². The number of anilines is 1. The average molecular weight is 440 g/mol. The summed E-state index contributed by atoms with van der Waals surface area (Å²) in [6, 6.07) is 6.24. The van der Waals surface area contributed by atoms with E-state index in [2.05, 4.69) is 43.2 Å². The van der Waals surface area contributed by atoms with Gasteiger partial charge in [0.25, 0.3) is 0 Å². The summed E-state index contributed by atoms with van der Waals surface area (Å²) >= 11 is 6.54. The number of aliphatic hydroxyl groups excluding tert-OH is 1. The molecule has 31 heavy (non-hydrogen) atoms. The maximum atomic E-state index is 9.33. The molecule has 2 aromatic rings. The van der Waals surface area contributed by atoms with Gasteiger partial charge in [-0.1, -0.05) is 50.4 Å². The fourth-order valence-electron chi connectivity index (χ4n) is 4.04. The fraction of sp³-hybridized carbons (Fsp3) is 0.462. The Bertz CT molecular complexity index is 954. The highest BCUT2D eigenvalue weighted by Gasteiger charge is 2.16. The Kier molecular flexibility index (Phi) is 9.55. The Morgan fingerprint density at radius 1 is 1.26 bits per heavy atom. The number of allylic oxidation sites excluding steroid dienone is 1. The molecule has 0 bridgehead atoms. The van der Waals surface area contributed by atoms with Crippen LogP contribution in [0.3, 0.4) is 0 Å². The number of benzene rings is 1. The Hall–Kier alpha value is -2.35. The van der Waals surface area contributed by atoms with Gasteiger partial charge in [0.15, 0.2) is 0 Å². The lowest BCUT2D eigenvalue weighted by atomic mass is 9.89. The van der Waals surface area contributed by atoms with Crippen LogP contribution in [-0.2, 0) is 0 Å². The summed E-state index contributed by atoms with van der Waals surface area (Å²) in [6.45, 7) is 8.30. The molecule has 4 nitrogen and oxygen atoms in total. The standard InChI is InChI=1S/C19H20ClN3.C7H14O/c1-5-6-15(17-10-23-11-18(22-4)19(17)20)16-8-14(9-21)12(2)7-13(16)3;1-6-3-2-4-7(8)5-6/h6-8,10-11,22H,5H2,1-4H3;6-8H,2-5H2,1H3/b15-6+;. The summed E-state index contributed by atoms with van der Waals surface area (Å²) in [5.41, 5.74) is 6.47. The second kappa shape index (κ2) is 11.9. The predicted octanol–water partition coefficient (Wildman–Crippen LogP) is 6.66. The minimum atomic E-state index is 0.0127. The average Bonchev–Trinajstić information content (AvgIpc) is 2.73. The normalized spacial score (nSPS) is 18.6. The number of pyridine rings is 1. The Morgan fingerprint density at radius 2 is 2.00 bits per heavy atom. The quantitative estimate of drug-likeness (QED) is 0.558. The molecule has 2 N–H and O–H groups in total. The molecule has 0 saturated heterocycles. The van der Waals surface area contributed by atoms with E-state index < -0.39 is 0 Å². The summed E-state index contributed by atoms with van der Waals surface area (Å²) < 4.78 is 0. The van der Waals surface area contributed by atoms with E-state index in [0.29, 0.717) is 10.6 Å². The van der Waals surface area contributed by atoms with Gasteiger partial charge in [-0.2, -0.15) is 5.26 Å². The van der Waals surface area contributed by atoms with Crippen molar-refractivity contribution in [3.05, 3.63) is 63.4 Å². The third-order valence-corrected chi connectivity index (χ3v) is 6.15. The molecule has 1 aliphatic rings. The third-order valence-electron chi connectivity index (χ3n) is 5.74. The van der Waals surface area contributed by atoms with Crippen LogP contribution in [0.5, 0.6) is 0 Å². The van der Waals surface area contributed by atoms with Gasteiger partial charge in [0, 0.05) is 18.8 Å². The number of aryl methyl sites for hydroxylation is 2. The number of halogens is 1. The van der Waals surface area contributed by atoms with Gasteiger partial charge in [-0.15, -0.1) is 0 Å². The highest BCUT2D eigenvalue weighted by atomic mass is 35.5. The van der Waals surface area contributed by atoms with Crippen molar-refractivity contribution in [2.24, 2.45) is 5.92 Å². The van der Waals surface area contributed by atoms with Gasteiger partial charge < -0.3 is 10.4 Å². The van der Waals surface area contributed by atoms with Gasteiger partial charge in [0.1, 0.15) is 0 Å². The third kappa shape index (κ3) is 6.56. The number of nitrogens with one attached hydrogen (secondary N) is 1. The van der Waals surface area contributed by atoms with E-state index in [1.165, 1.54) is 12.8 Å². The van der Waals surface area contributed by atoms with Gasteiger partial charge in [-0.3, -0.25) is 4.98 Å². The van der Waals surface area contributed by atoms with Crippen LogP contribution in [0.15, 0.2) is 30.6 Å². The first-order chi connectivity index (χ1) is 14.8. The summed E-state index contributed by atoms with van der Waals surface area (Å²) in [5, 5.41) is 22.1. The van der Waals surface area contributed by atoms with Crippen molar-refractivity contribution in [2.45, 2.75) is 65.9 Å². The molecule has 1 fully saturated rings. The molecule has 3 rings (SSSR count). The summed E-state index contributed by atoms with van der Waals surface area (Å²) in [4.78, 5) is 4.28. The van der Waals surface area contributed by atoms with E-state index in [0.717, 1.165) is 58.7 Å². The van der Waals surface area contributed by atoms with Crippen molar-refractivity contribution in [2.75, 3.05) is 12.4 Å². The summed E-state index contributed by atoms with van der Waals surface area (Å²) in [7, 11) is 1.82. The highest BCUT2D eigenvalue weighted by Crippen LogP contribution is 2.35. The van der Waals surface area contributed by atoms with Crippen molar-refractivity contribution >= 4 is 22.9 Å². The number of hydrogen-bond acceptors (Lipinski definition) is 4. The highest BCUT2D eigenvalue weighted by molar-refractivity contribution is 6.35. The lowest BCUT2D eigenvalue weighted by molar-refractivity contribution is 0.106. The van der Waals surface area contributed by atoms with E-state index in [9.17, 15) is 5.26 Å². The first-order valence-corrected chi connectivity index (χ1v) is 11.4. The molecule has 1 aliphatic carbocycles. The fourth-order valence-corrected chi connectivity index (χ4v) is 4.33. The minimum Gasteiger partial charge on any atom is -0.393 e. The van der Waals surface area contributed by atoms with Gasteiger partial charge in [-0.05, 0) is 67.4 Å². The Morgan fingerprint density at radius 3 is 2.55 bits per heavy atom. The van der Waals surface area contributed by atoms with Crippen LogP contribution in [0.2, 0.25) is 5.02 Å².